The first-order valence-corrected chi connectivity index (χ1v) is 5.91. The van der Waals surface area contributed by atoms with E-state index in [0.717, 1.165) is 6.42 Å². The van der Waals surface area contributed by atoms with Gasteiger partial charge in [0.15, 0.2) is 0 Å². The lowest BCUT2D eigenvalue weighted by molar-refractivity contribution is -0.121. The van der Waals surface area contributed by atoms with E-state index in [4.69, 9.17) is 10.5 Å². The standard InChI is InChI=1S/C11H22N2O2/c12-7-3-6-11(14)13-8-9-15-10-4-1-2-5-10/h10H,1-9,12H2,(H,13,14). The van der Waals surface area contributed by atoms with Gasteiger partial charge in [-0.2, -0.15) is 0 Å². The smallest absolute Gasteiger partial charge is 0.220 e. The molecule has 15 heavy (non-hydrogen) atoms. The Labute approximate surface area is 91.5 Å². The molecule has 1 fully saturated rings. The third-order valence-electron chi connectivity index (χ3n) is 2.69. The van der Waals surface area contributed by atoms with E-state index in [9.17, 15) is 4.79 Å². The quantitative estimate of drug-likeness (QED) is 0.616. The van der Waals surface area contributed by atoms with Crippen LogP contribution in [0.2, 0.25) is 0 Å². The van der Waals surface area contributed by atoms with E-state index in [2.05, 4.69) is 5.32 Å². The van der Waals surface area contributed by atoms with E-state index in [0.29, 0.717) is 32.2 Å². The minimum absolute atomic E-state index is 0.0791. The summed E-state index contributed by atoms with van der Waals surface area (Å²) in [5.41, 5.74) is 5.31. The summed E-state index contributed by atoms with van der Waals surface area (Å²) in [6, 6.07) is 0. The second kappa shape index (κ2) is 7.65. The molecule has 0 aromatic carbocycles. The van der Waals surface area contributed by atoms with E-state index in [1.165, 1.54) is 25.7 Å². The molecule has 0 aliphatic heterocycles. The van der Waals surface area contributed by atoms with Gasteiger partial charge in [-0.15, -0.1) is 0 Å². The molecule has 1 saturated carbocycles. The van der Waals surface area contributed by atoms with Crippen molar-refractivity contribution in [3.8, 4) is 0 Å². The number of hydrogen-bond acceptors (Lipinski definition) is 3. The third kappa shape index (κ3) is 5.74. The average Bonchev–Trinajstić information content (AvgIpc) is 2.74. The Balaban J connectivity index is 1.89. The summed E-state index contributed by atoms with van der Waals surface area (Å²) >= 11 is 0. The molecule has 1 aliphatic rings. The average molecular weight is 214 g/mol. The van der Waals surface area contributed by atoms with Crippen molar-refractivity contribution in [1.29, 1.82) is 0 Å². The predicted octanol–water partition coefficient (Wildman–Crippen LogP) is 0.801. The van der Waals surface area contributed by atoms with Gasteiger partial charge in [0.2, 0.25) is 5.91 Å². The summed E-state index contributed by atoms with van der Waals surface area (Å²) in [6.07, 6.45) is 6.66. The Morgan fingerprint density at radius 2 is 2.13 bits per heavy atom. The van der Waals surface area contributed by atoms with E-state index in [1.54, 1.807) is 0 Å². The Hall–Kier alpha value is -0.610. The Morgan fingerprint density at radius 1 is 1.40 bits per heavy atom. The van der Waals surface area contributed by atoms with E-state index >= 15 is 0 Å². The largest absolute Gasteiger partial charge is 0.376 e. The summed E-state index contributed by atoms with van der Waals surface area (Å²) in [4.78, 5) is 11.2. The molecule has 88 valence electrons. The van der Waals surface area contributed by atoms with Gasteiger partial charge in [-0.25, -0.2) is 0 Å². The zero-order valence-corrected chi connectivity index (χ0v) is 9.34. The molecule has 4 heteroatoms. The predicted molar refractivity (Wildman–Crippen MR) is 59.5 cm³/mol. The molecule has 1 amide bonds. The van der Waals surface area contributed by atoms with Crippen LogP contribution in [-0.4, -0.2) is 31.7 Å². The minimum atomic E-state index is 0.0791. The van der Waals surface area contributed by atoms with Gasteiger partial charge in [0.25, 0.3) is 0 Å². The van der Waals surface area contributed by atoms with Gasteiger partial charge in [-0.3, -0.25) is 4.79 Å². The number of amides is 1. The molecule has 0 unspecified atom stereocenters. The molecule has 3 N–H and O–H groups in total. The summed E-state index contributed by atoms with van der Waals surface area (Å²) in [5.74, 6) is 0.0791. The fourth-order valence-electron chi connectivity index (χ4n) is 1.82. The van der Waals surface area contributed by atoms with Crippen LogP contribution in [0.15, 0.2) is 0 Å². The molecule has 1 aliphatic carbocycles. The fourth-order valence-corrected chi connectivity index (χ4v) is 1.82. The molecule has 0 aromatic rings. The van der Waals surface area contributed by atoms with Gasteiger partial charge < -0.3 is 15.8 Å². The van der Waals surface area contributed by atoms with E-state index < -0.39 is 0 Å². The van der Waals surface area contributed by atoms with E-state index in [-0.39, 0.29) is 5.91 Å². The molecular formula is C11H22N2O2. The number of carbonyl (C=O) groups is 1. The molecule has 4 nitrogen and oxygen atoms in total. The molecular weight excluding hydrogens is 192 g/mol. The zero-order valence-electron chi connectivity index (χ0n) is 9.34. The maximum Gasteiger partial charge on any atom is 0.220 e. The number of nitrogens with one attached hydrogen (secondary N) is 1. The van der Waals surface area contributed by atoms with Crippen molar-refractivity contribution in [3.05, 3.63) is 0 Å². The number of ether oxygens (including phenoxy) is 1. The highest BCUT2D eigenvalue weighted by Gasteiger charge is 2.14. The topological polar surface area (TPSA) is 64.4 Å². The molecule has 1 rings (SSSR count). The number of carbonyl (C=O) groups excluding carboxylic acids is 1. The van der Waals surface area contributed by atoms with Crippen molar-refractivity contribution in [3.63, 3.8) is 0 Å². The molecule has 0 radical (unpaired) electrons. The monoisotopic (exact) mass is 214 g/mol. The van der Waals surface area contributed by atoms with Gasteiger partial charge >= 0.3 is 0 Å². The molecule has 0 heterocycles. The molecule has 0 saturated heterocycles. The minimum Gasteiger partial charge on any atom is -0.376 e. The first-order chi connectivity index (χ1) is 7.33. The van der Waals surface area contributed by atoms with Crippen LogP contribution in [-0.2, 0) is 9.53 Å². The van der Waals surface area contributed by atoms with Crippen molar-refractivity contribution in [1.82, 2.24) is 5.32 Å². The van der Waals surface area contributed by atoms with Crippen LogP contribution in [0.3, 0.4) is 0 Å². The van der Waals surface area contributed by atoms with Crippen molar-refractivity contribution < 1.29 is 9.53 Å². The second-order valence-electron chi connectivity index (χ2n) is 4.02. The lowest BCUT2D eigenvalue weighted by Crippen LogP contribution is -2.28. The fraction of sp³-hybridized carbons (Fsp3) is 0.909. The lowest BCUT2D eigenvalue weighted by atomic mass is 10.3. The van der Waals surface area contributed by atoms with Gasteiger partial charge in [0.1, 0.15) is 0 Å². The van der Waals surface area contributed by atoms with Crippen LogP contribution in [0.25, 0.3) is 0 Å². The lowest BCUT2D eigenvalue weighted by Gasteiger charge is -2.11. The number of nitrogens with two attached hydrogens (primary N) is 1. The van der Waals surface area contributed by atoms with Crippen molar-refractivity contribution in [2.24, 2.45) is 5.73 Å². The summed E-state index contributed by atoms with van der Waals surface area (Å²) in [7, 11) is 0. The van der Waals surface area contributed by atoms with Crippen molar-refractivity contribution >= 4 is 5.91 Å². The van der Waals surface area contributed by atoms with Crippen LogP contribution in [0.1, 0.15) is 38.5 Å². The Kier molecular flexibility index (Phi) is 6.36. The third-order valence-corrected chi connectivity index (χ3v) is 2.69. The number of rotatable bonds is 7. The van der Waals surface area contributed by atoms with Crippen molar-refractivity contribution in [2.75, 3.05) is 19.7 Å². The maximum atomic E-state index is 11.2. The van der Waals surface area contributed by atoms with E-state index in [1.807, 2.05) is 0 Å². The first kappa shape index (κ1) is 12.5. The SMILES string of the molecule is NCCCC(=O)NCCOC1CCCC1. The van der Waals surface area contributed by atoms with Crippen LogP contribution in [0, 0.1) is 0 Å². The zero-order chi connectivity index (χ0) is 10.9. The first-order valence-electron chi connectivity index (χ1n) is 5.91. The van der Waals surface area contributed by atoms with Crippen LogP contribution < -0.4 is 11.1 Å². The van der Waals surface area contributed by atoms with Gasteiger partial charge in [0.05, 0.1) is 12.7 Å². The summed E-state index contributed by atoms with van der Waals surface area (Å²) in [6.45, 7) is 1.84. The van der Waals surface area contributed by atoms with Crippen LogP contribution >= 0.6 is 0 Å². The Morgan fingerprint density at radius 3 is 2.80 bits per heavy atom. The second-order valence-corrected chi connectivity index (χ2v) is 4.02. The van der Waals surface area contributed by atoms with Gasteiger partial charge in [0, 0.05) is 13.0 Å². The highest BCUT2D eigenvalue weighted by Crippen LogP contribution is 2.20. The normalized spacial score (nSPS) is 16.9. The van der Waals surface area contributed by atoms with Gasteiger partial charge in [-0.05, 0) is 25.8 Å². The Bertz CT molecular complexity index is 179. The highest BCUT2D eigenvalue weighted by molar-refractivity contribution is 5.75. The summed E-state index contributed by atoms with van der Waals surface area (Å²) in [5, 5.41) is 2.82. The number of hydrogen-bond donors (Lipinski definition) is 2. The molecule has 0 atom stereocenters. The summed E-state index contributed by atoms with van der Waals surface area (Å²) < 4.78 is 5.62. The highest BCUT2D eigenvalue weighted by atomic mass is 16.5. The van der Waals surface area contributed by atoms with Crippen LogP contribution in [0.4, 0.5) is 0 Å². The maximum absolute atomic E-state index is 11.2. The molecule has 0 aromatic heterocycles. The van der Waals surface area contributed by atoms with Crippen molar-refractivity contribution in [2.45, 2.75) is 44.6 Å². The van der Waals surface area contributed by atoms with Gasteiger partial charge in [-0.1, -0.05) is 12.8 Å². The van der Waals surface area contributed by atoms with Crippen LogP contribution in [0.5, 0.6) is 0 Å². The molecule has 0 bridgehead atoms. The molecule has 0 spiro atoms.